The largest absolute Gasteiger partial charge is 0.396 e. The second-order valence-electron chi connectivity index (χ2n) is 4.50. The van der Waals surface area contributed by atoms with Gasteiger partial charge in [0.1, 0.15) is 5.15 Å². The molecule has 17 heavy (non-hydrogen) atoms. The lowest BCUT2D eigenvalue weighted by atomic mass is 9.98. The Hall–Kier alpha value is -0.350. The first-order valence-electron chi connectivity index (χ1n) is 5.82. The number of aromatic nitrogens is 1. The average Bonchev–Trinajstić information content (AvgIpc) is 2.34. The Morgan fingerprint density at radius 2 is 2.06 bits per heavy atom. The van der Waals surface area contributed by atoms with E-state index in [1.807, 2.05) is 0 Å². The molecule has 0 bridgehead atoms. The maximum atomic E-state index is 9.08. The van der Waals surface area contributed by atoms with Gasteiger partial charge in [0.05, 0.1) is 0 Å². The molecule has 0 unspecified atom stereocenters. The molecule has 3 nitrogen and oxygen atoms in total. The molecule has 1 aliphatic rings. The molecule has 1 aromatic rings. The number of hydrogen-bond acceptors (Lipinski definition) is 3. The number of aliphatic hydroxyl groups excluding tert-OH is 1. The number of pyridine rings is 1. The van der Waals surface area contributed by atoms with Crippen LogP contribution < -0.4 is 0 Å². The molecule has 0 spiro atoms. The Balaban J connectivity index is 1.93. The van der Waals surface area contributed by atoms with Crippen LogP contribution >= 0.6 is 23.2 Å². The number of halogens is 2. The molecule has 0 saturated carbocycles. The normalized spacial score (nSPS) is 18.5. The zero-order valence-electron chi connectivity index (χ0n) is 9.57. The third-order valence-electron chi connectivity index (χ3n) is 3.26. The first-order valence-corrected chi connectivity index (χ1v) is 6.57. The summed E-state index contributed by atoms with van der Waals surface area (Å²) >= 11 is 11.9. The van der Waals surface area contributed by atoms with Gasteiger partial charge < -0.3 is 5.11 Å². The summed E-state index contributed by atoms with van der Waals surface area (Å²) in [5.74, 6) is 0.463. The van der Waals surface area contributed by atoms with Gasteiger partial charge in [-0.1, -0.05) is 23.2 Å². The second-order valence-corrected chi connectivity index (χ2v) is 5.29. The summed E-state index contributed by atoms with van der Waals surface area (Å²) in [5, 5.41) is 10.2. The Kier molecular flexibility index (Phi) is 4.62. The number of aliphatic hydroxyl groups is 1. The van der Waals surface area contributed by atoms with E-state index in [0.29, 0.717) is 22.7 Å². The molecule has 1 saturated heterocycles. The van der Waals surface area contributed by atoms with Crippen LogP contribution in [0.25, 0.3) is 0 Å². The highest BCUT2D eigenvalue weighted by atomic mass is 35.5. The lowest BCUT2D eigenvalue weighted by molar-refractivity contribution is 0.127. The number of piperidine rings is 1. The Morgan fingerprint density at radius 1 is 1.35 bits per heavy atom. The minimum absolute atomic E-state index is 0.303. The lowest BCUT2D eigenvalue weighted by Crippen LogP contribution is -2.34. The van der Waals surface area contributed by atoms with Crippen LogP contribution in [0.1, 0.15) is 18.4 Å². The van der Waals surface area contributed by atoms with Crippen molar-refractivity contribution in [2.45, 2.75) is 19.4 Å². The molecule has 1 aromatic heterocycles. The molecule has 1 N–H and O–H groups in total. The van der Waals surface area contributed by atoms with E-state index < -0.39 is 0 Å². The van der Waals surface area contributed by atoms with Gasteiger partial charge in [-0.05, 0) is 37.9 Å². The van der Waals surface area contributed by atoms with E-state index in [0.717, 1.165) is 38.0 Å². The van der Waals surface area contributed by atoms with E-state index in [9.17, 15) is 0 Å². The zero-order valence-corrected chi connectivity index (χ0v) is 11.1. The number of likely N-dealkylation sites (tertiary alicyclic amines) is 1. The Morgan fingerprint density at radius 3 is 2.65 bits per heavy atom. The fourth-order valence-corrected chi connectivity index (χ4v) is 2.55. The van der Waals surface area contributed by atoms with Crippen LogP contribution in [0.2, 0.25) is 10.2 Å². The van der Waals surface area contributed by atoms with Crippen LogP contribution in [0.3, 0.4) is 0 Å². The van der Waals surface area contributed by atoms with Gasteiger partial charge >= 0.3 is 0 Å². The van der Waals surface area contributed by atoms with E-state index >= 15 is 0 Å². The standard InChI is InChI=1S/C12H16Cl2N2O/c13-11-5-12(14)15-6-10(11)7-16-3-1-9(8-17)2-4-16/h5-6,9,17H,1-4,7-8H2. The van der Waals surface area contributed by atoms with Crippen LogP contribution in [-0.2, 0) is 6.54 Å². The van der Waals surface area contributed by atoms with E-state index in [1.54, 1.807) is 12.3 Å². The van der Waals surface area contributed by atoms with Gasteiger partial charge in [-0.15, -0.1) is 0 Å². The van der Waals surface area contributed by atoms with E-state index in [-0.39, 0.29) is 0 Å². The highest BCUT2D eigenvalue weighted by Gasteiger charge is 2.19. The number of rotatable bonds is 3. The fourth-order valence-electron chi connectivity index (χ4n) is 2.12. The van der Waals surface area contributed by atoms with Gasteiger partial charge in [-0.3, -0.25) is 4.90 Å². The molecule has 94 valence electrons. The summed E-state index contributed by atoms with van der Waals surface area (Å²) in [5.41, 5.74) is 1.01. The van der Waals surface area contributed by atoms with Crippen LogP contribution in [0.15, 0.2) is 12.3 Å². The van der Waals surface area contributed by atoms with Crippen molar-refractivity contribution in [1.82, 2.24) is 9.88 Å². The zero-order chi connectivity index (χ0) is 12.3. The topological polar surface area (TPSA) is 36.4 Å². The predicted octanol–water partition coefficient (Wildman–Crippen LogP) is 2.59. The van der Waals surface area contributed by atoms with E-state index in [4.69, 9.17) is 28.3 Å². The highest BCUT2D eigenvalue weighted by Crippen LogP contribution is 2.23. The molecule has 0 aliphatic carbocycles. The van der Waals surface area contributed by atoms with Gasteiger partial charge in [-0.2, -0.15) is 0 Å². The molecule has 1 fully saturated rings. The van der Waals surface area contributed by atoms with Crippen molar-refractivity contribution in [3.05, 3.63) is 28.0 Å². The van der Waals surface area contributed by atoms with Gasteiger partial charge in [0.15, 0.2) is 0 Å². The molecule has 1 aliphatic heterocycles. The summed E-state index contributed by atoms with van der Waals surface area (Å²) in [6.45, 7) is 3.12. The summed E-state index contributed by atoms with van der Waals surface area (Å²) in [6.07, 6.45) is 3.84. The van der Waals surface area contributed by atoms with Crippen molar-refractivity contribution >= 4 is 23.2 Å². The van der Waals surface area contributed by atoms with Crippen molar-refractivity contribution in [3.63, 3.8) is 0 Å². The van der Waals surface area contributed by atoms with Gasteiger partial charge in [0.25, 0.3) is 0 Å². The summed E-state index contributed by atoms with van der Waals surface area (Å²) in [6, 6.07) is 1.68. The SMILES string of the molecule is OCC1CCN(Cc2cnc(Cl)cc2Cl)CC1. The van der Waals surface area contributed by atoms with Crippen LogP contribution in [-0.4, -0.2) is 34.7 Å². The van der Waals surface area contributed by atoms with Crippen molar-refractivity contribution in [2.75, 3.05) is 19.7 Å². The van der Waals surface area contributed by atoms with Crippen LogP contribution in [0.5, 0.6) is 0 Å². The quantitative estimate of drug-likeness (QED) is 0.861. The first-order chi connectivity index (χ1) is 8.19. The van der Waals surface area contributed by atoms with Gasteiger partial charge in [0.2, 0.25) is 0 Å². The van der Waals surface area contributed by atoms with Gasteiger partial charge in [0, 0.05) is 29.9 Å². The monoisotopic (exact) mass is 274 g/mol. The summed E-state index contributed by atoms with van der Waals surface area (Å²) in [4.78, 5) is 6.39. The Bertz CT molecular complexity index is 379. The molecule has 0 aromatic carbocycles. The molecular weight excluding hydrogens is 259 g/mol. The summed E-state index contributed by atoms with van der Waals surface area (Å²) in [7, 11) is 0. The minimum atomic E-state index is 0.303. The second kappa shape index (κ2) is 6.01. The molecule has 2 heterocycles. The van der Waals surface area contributed by atoms with E-state index in [1.165, 1.54) is 0 Å². The highest BCUT2D eigenvalue weighted by molar-refractivity contribution is 6.34. The maximum Gasteiger partial charge on any atom is 0.130 e. The van der Waals surface area contributed by atoms with Crippen LogP contribution in [0, 0.1) is 5.92 Å². The lowest BCUT2D eigenvalue weighted by Gasteiger charge is -2.31. The molecule has 0 amide bonds. The third-order valence-corrected chi connectivity index (χ3v) is 3.81. The van der Waals surface area contributed by atoms with Gasteiger partial charge in [-0.25, -0.2) is 4.98 Å². The fraction of sp³-hybridized carbons (Fsp3) is 0.583. The van der Waals surface area contributed by atoms with Crippen molar-refractivity contribution in [1.29, 1.82) is 0 Å². The Labute approximate surface area is 111 Å². The van der Waals surface area contributed by atoms with E-state index in [2.05, 4.69) is 9.88 Å². The third kappa shape index (κ3) is 3.55. The number of hydrogen-bond donors (Lipinski definition) is 1. The van der Waals surface area contributed by atoms with Crippen molar-refractivity contribution in [3.8, 4) is 0 Å². The summed E-state index contributed by atoms with van der Waals surface area (Å²) < 4.78 is 0. The van der Waals surface area contributed by atoms with Crippen LogP contribution in [0.4, 0.5) is 0 Å². The first kappa shape index (κ1) is 13.1. The van der Waals surface area contributed by atoms with Crippen molar-refractivity contribution < 1.29 is 5.11 Å². The molecule has 0 radical (unpaired) electrons. The maximum absolute atomic E-state index is 9.08. The molecular formula is C12H16Cl2N2O. The molecule has 5 heteroatoms. The van der Waals surface area contributed by atoms with Crippen molar-refractivity contribution in [2.24, 2.45) is 5.92 Å². The predicted molar refractivity (Wildman–Crippen MR) is 69.3 cm³/mol. The average molecular weight is 275 g/mol. The molecule has 0 atom stereocenters. The number of nitrogens with zero attached hydrogens (tertiary/aromatic N) is 2. The minimum Gasteiger partial charge on any atom is -0.396 e. The molecule has 2 rings (SSSR count). The smallest absolute Gasteiger partial charge is 0.130 e.